The van der Waals surface area contributed by atoms with Crippen LogP contribution in [-0.2, 0) is 4.79 Å². The molecule has 0 spiro atoms. The van der Waals surface area contributed by atoms with Gasteiger partial charge in [0.05, 0.1) is 12.1 Å². The highest BCUT2D eigenvalue weighted by atomic mass is 35.5. The first-order chi connectivity index (χ1) is 12.6. The molecular formula is C19H26ClN5O2. The highest BCUT2D eigenvalue weighted by Gasteiger charge is 2.26. The summed E-state index contributed by atoms with van der Waals surface area (Å²) in [7, 11) is 0. The van der Waals surface area contributed by atoms with E-state index in [1.54, 1.807) is 6.07 Å². The van der Waals surface area contributed by atoms with Crippen LogP contribution in [0.3, 0.4) is 0 Å². The van der Waals surface area contributed by atoms with Gasteiger partial charge in [0.15, 0.2) is 0 Å². The molecule has 2 atom stereocenters. The van der Waals surface area contributed by atoms with Gasteiger partial charge in [0, 0.05) is 12.7 Å². The maximum Gasteiger partial charge on any atom is 0.275 e. The van der Waals surface area contributed by atoms with Gasteiger partial charge in [-0.15, -0.1) is 12.4 Å². The zero-order chi connectivity index (χ0) is 18.5. The number of hydrogen-bond donors (Lipinski definition) is 2. The van der Waals surface area contributed by atoms with E-state index < -0.39 is 5.91 Å². The Morgan fingerprint density at radius 1 is 1.33 bits per heavy atom. The fourth-order valence-electron chi connectivity index (χ4n) is 3.33. The van der Waals surface area contributed by atoms with Crippen LogP contribution < -0.4 is 11.1 Å². The molecule has 3 rings (SSSR count). The van der Waals surface area contributed by atoms with E-state index in [9.17, 15) is 9.59 Å². The van der Waals surface area contributed by atoms with Crippen molar-refractivity contribution in [1.29, 1.82) is 0 Å². The summed E-state index contributed by atoms with van der Waals surface area (Å²) in [6, 6.07) is 11.3. The highest BCUT2D eigenvalue weighted by molar-refractivity contribution is 5.95. The monoisotopic (exact) mass is 391 g/mol. The van der Waals surface area contributed by atoms with Gasteiger partial charge in [-0.05, 0) is 37.9 Å². The van der Waals surface area contributed by atoms with Crippen molar-refractivity contribution in [3.63, 3.8) is 0 Å². The molecule has 7 nitrogen and oxygen atoms in total. The van der Waals surface area contributed by atoms with Crippen LogP contribution in [0.1, 0.15) is 47.9 Å². The van der Waals surface area contributed by atoms with E-state index in [2.05, 4.69) is 10.4 Å². The number of carbonyl (C=O) groups excluding carboxylic acids is 2. The third-order valence-corrected chi connectivity index (χ3v) is 4.81. The summed E-state index contributed by atoms with van der Waals surface area (Å²) < 4.78 is 1.84. The third-order valence-electron chi connectivity index (χ3n) is 4.81. The molecule has 0 aliphatic carbocycles. The highest BCUT2D eigenvalue weighted by Crippen LogP contribution is 2.22. The van der Waals surface area contributed by atoms with E-state index in [1.807, 2.05) is 48.1 Å². The second-order valence-electron chi connectivity index (χ2n) is 6.67. The van der Waals surface area contributed by atoms with Crippen LogP contribution in [-0.4, -0.2) is 46.1 Å². The smallest absolute Gasteiger partial charge is 0.275 e. The van der Waals surface area contributed by atoms with Crippen molar-refractivity contribution >= 4 is 24.2 Å². The molecule has 1 saturated heterocycles. The van der Waals surface area contributed by atoms with Crippen molar-refractivity contribution < 1.29 is 9.59 Å². The van der Waals surface area contributed by atoms with E-state index in [1.165, 1.54) is 4.90 Å². The molecule has 27 heavy (non-hydrogen) atoms. The molecule has 1 aliphatic rings. The number of primary amides is 1. The predicted molar refractivity (Wildman–Crippen MR) is 106 cm³/mol. The second-order valence-corrected chi connectivity index (χ2v) is 6.67. The summed E-state index contributed by atoms with van der Waals surface area (Å²) in [5.74, 6) is -0.834. The predicted octanol–water partition coefficient (Wildman–Crippen LogP) is 1.92. The van der Waals surface area contributed by atoms with E-state index in [0.29, 0.717) is 5.69 Å². The second kappa shape index (κ2) is 9.53. The van der Waals surface area contributed by atoms with Crippen molar-refractivity contribution in [1.82, 2.24) is 20.0 Å². The number of nitrogens with zero attached hydrogens (tertiary/aromatic N) is 3. The largest absolute Gasteiger partial charge is 0.368 e. The maximum atomic E-state index is 13.0. The third kappa shape index (κ3) is 5.08. The van der Waals surface area contributed by atoms with Crippen LogP contribution in [0.5, 0.6) is 0 Å². The standard InChI is InChI=1S/C19H25N5O2.ClH/c1-14(15-6-3-2-4-7-15)23(13-18(20)25)19(26)17-9-11-24(22-17)16-8-5-10-21-12-16;/h2-4,6-7,9,11,14,16,21H,5,8,10,12-13H2,1H3,(H2,20,25);1H/t14-,16?;/m1./s1. The van der Waals surface area contributed by atoms with Crippen molar-refractivity contribution in [3.8, 4) is 0 Å². The zero-order valence-electron chi connectivity index (χ0n) is 15.4. The van der Waals surface area contributed by atoms with Crippen molar-refractivity contribution in [2.45, 2.75) is 31.8 Å². The average molecular weight is 392 g/mol. The van der Waals surface area contributed by atoms with Gasteiger partial charge in [-0.1, -0.05) is 30.3 Å². The van der Waals surface area contributed by atoms with Crippen LogP contribution in [0.15, 0.2) is 42.6 Å². The number of nitrogens with one attached hydrogen (secondary N) is 1. The van der Waals surface area contributed by atoms with Gasteiger partial charge in [0.2, 0.25) is 5.91 Å². The Morgan fingerprint density at radius 3 is 2.70 bits per heavy atom. The van der Waals surface area contributed by atoms with Crippen molar-refractivity contribution in [2.75, 3.05) is 19.6 Å². The minimum atomic E-state index is -0.544. The Hall–Kier alpha value is -2.38. The number of nitrogens with two attached hydrogens (primary N) is 1. The number of rotatable bonds is 6. The molecule has 2 amide bonds. The minimum Gasteiger partial charge on any atom is -0.368 e. The molecule has 2 heterocycles. The molecule has 1 aliphatic heterocycles. The number of hydrogen-bond acceptors (Lipinski definition) is 4. The summed E-state index contributed by atoms with van der Waals surface area (Å²) in [4.78, 5) is 26.0. The number of benzene rings is 1. The van der Waals surface area contributed by atoms with E-state index in [-0.39, 0.29) is 36.9 Å². The Balaban J connectivity index is 0.00000261. The lowest BCUT2D eigenvalue weighted by molar-refractivity contribution is -0.119. The van der Waals surface area contributed by atoms with Crippen LogP contribution in [0.2, 0.25) is 0 Å². The molecule has 3 N–H and O–H groups in total. The van der Waals surface area contributed by atoms with E-state index >= 15 is 0 Å². The van der Waals surface area contributed by atoms with Gasteiger partial charge < -0.3 is 16.0 Å². The Bertz CT molecular complexity index is 758. The summed E-state index contributed by atoms with van der Waals surface area (Å²) in [5.41, 5.74) is 6.66. The summed E-state index contributed by atoms with van der Waals surface area (Å²) in [6.45, 7) is 3.61. The van der Waals surface area contributed by atoms with Crippen LogP contribution in [0.25, 0.3) is 0 Å². The first kappa shape index (κ1) is 20.9. The van der Waals surface area contributed by atoms with Gasteiger partial charge in [0.25, 0.3) is 5.91 Å². The lowest BCUT2D eigenvalue weighted by Crippen LogP contribution is -2.40. The first-order valence-corrected chi connectivity index (χ1v) is 8.96. The fourth-order valence-corrected chi connectivity index (χ4v) is 3.33. The van der Waals surface area contributed by atoms with Gasteiger partial charge in [-0.2, -0.15) is 5.10 Å². The van der Waals surface area contributed by atoms with Gasteiger partial charge in [-0.25, -0.2) is 0 Å². The first-order valence-electron chi connectivity index (χ1n) is 8.96. The minimum absolute atomic E-state index is 0. The van der Waals surface area contributed by atoms with Crippen LogP contribution in [0, 0.1) is 0 Å². The van der Waals surface area contributed by atoms with E-state index in [4.69, 9.17) is 5.73 Å². The van der Waals surface area contributed by atoms with Gasteiger partial charge in [0.1, 0.15) is 12.2 Å². The SMILES string of the molecule is C[C@H](c1ccccc1)N(CC(N)=O)C(=O)c1ccn(C2CCCNC2)n1.Cl. The Kier molecular flexibility index (Phi) is 7.38. The number of amides is 2. The van der Waals surface area contributed by atoms with E-state index in [0.717, 1.165) is 31.5 Å². The molecule has 8 heteroatoms. The van der Waals surface area contributed by atoms with Crippen LogP contribution >= 0.6 is 12.4 Å². The molecule has 1 unspecified atom stereocenters. The average Bonchev–Trinajstić information content (AvgIpc) is 3.16. The molecule has 1 aromatic heterocycles. The lowest BCUT2D eigenvalue weighted by Gasteiger charge is -2.28. The summed E-state index contributed by atoms with van der Waals surface area (Å²) in [6.07, 6.45) is 3.96. The molecule has 1 aromatic carbocycles. The van der Waals surface area contributed by atoms with Gasteiger partial charge >= 0.3 is 0 Å². The zero-order valence-corrected chi connectivity index (χ0v) is 16.2. The quantitative estimate of drug-likeness (QED) is 0.786. The Labute approximate surface area is 165 Å². The number of halogens is 1. The van der Waals surface area contributed by atoms with Crippen molar-refractivity contribution in [2.24, 2.45) is 5.73 Å². The number of piperidine rings is 1. The fraction of sp³-hybridized carbons (Fsp3) is 0.421. The maximum absolute atomic E-state index is 13.0. The number of aromatic nitrogens is 2. The normalized spacial score (nSPS) is 17.6. The molecule has 0 saturated carbocycles. The number of carbonyl (C=O) groups is 2. The topological polar surface area (TPSA) is 93.2 Å². The Morgan fingerprint density at radius 2 is 2.07 bits per heavy atom. The molecule has 0 bridgehead atoms. The summed E-state index contributed by atoms with van der Waals surface area (Å²) >= 11 is 0. The molecule has 0 radical (unpaired) electrons. The molecule has 146 valence electrons. The molecular weight excluding hydrogens is 366 g/mol. The molecule has 1 fully saturated rings. The van der Waals surface area contributed by atoms with Crippen molar-refractivity contribution in [3.05, 3.63) is 53.9 Å². The van der Waals surface area contributed by atoms with Crippen LogP contribution in [0.4, 0.5) is 0 Å². The van der Waals surface area contributed by atoms with Gasteiger partial charge in [-0.3, -0.25) is 14.3 Å². The lowest BCUT2D eigenvalue weighted by atomic mass is 10.1. The summed E-state index contributed by atoms with van der Waals surface area (Å²) in [5, 5.41) is 7.81. The molecule has 2 aromatic rings.